The first-order valence-electron chi connectivity index (χ1n) is 7.06. The molecule has 0 atom stereocenters. The van der Waals surface area contributed by atoms with Crippen LogP contribution < -0.4 is 5.32 Å². The van der Waals surface area contributed by atoms with Crippen LogP contribution in [0.25, 0.3) is 0 Å². The average molecular weight is 282 g/mol. The van der Waals surface area contributed by atoms with Crippen molar-refractivity contribution in [1.29, 1.82) is 0 Å². The second-order valence-electron chi connectivity index (χ2n) is 6.62. The molecule has 2 N–H and O–H groups in total. The Hall–Kier alpha value is -0.570. The summed E-state index contributed by atoms with van der Waals surface area (Å²) < 4.78 is 0. The third kappa shape index (κ3) is 4.48. The second kappa shape index (κ2) is 5.82. The predicted octanol–water partition coefficient (Wildman–Crippen LogP) is 3.76. The van der Waals surface area contributed by atoms with Gasteiger partial charge in [0, 0.05) is 18.1 Å². The molecule has 2 rings (SSSR count). The first-order chi connectivity index (χ1) is 8.89. The topological polar surface area (TPSA) is 32.3 Å². The lowest BCUT2D eigenvalue weighted by molar-refractivity contribution is -0.0245. The van der Waals surface area contributed by atoms with Crippen LogP contribution in [0.1, 0.15) is 45.1 Å². The predicted molar refractivity (Wildman–Crippen MR) is 80.4 cm³/mol. The molecule has 106 valence electrons. The number of nitrogens with one attached hydrogen (secondary N) is 1. The molecule has 0 aliphatic heterocycles. The SMILES string of the molecule is CC1(C)CCC(O)(CNCc2ccc(Cl)cc2)CC1. The molecular formula is C16H24ClNO. The van der Waals surface area contributed by atoms with E-state index in [0.29, 0.717) is 12.0 Å². The fourth-order valence-electron chi connectivity index (χ4n) is 2.61. The highest BCUT2D eigenvalue weighted by atomic mass is 35.5. The summed E-state index contributed by atoms with van der Waals surface area (Å²) in [6.07, 6.45) is 4.00. The van der Waals surface area contributed by atoms with Gasteiger partial charge in [-0.25, -0.2) is 0 Å². The Morgan fingerprint density at radius 2 is 1.68 bits per heavy atom. The Bertz CT molecular complexity index is 403. The van der Waals surface area contributed by atoms with E-state index in [1.807, 2.05) is 24.3 Å². The fourth-order valence-corrected chi connectivity index (χ4v) is 2.74. The largest absolute Gasteiger partial charge is 0.389 e. The Labute approximate surface area is 121 Å². The molecule has 2 nitrogen and oxygen atoms in total. The average Bonchev–Trinajstić information content (AvgIpc) is 2.36. The standard InChI is InChI=1S/C16H24ClNO/c1-15(2)7-9-16(19,10-8-15)12-18-11-13-3-5-14(17)6-4-13/h3-6,18-19H,7-12H2,1-2H3. The van der Waals surface area contributed by atoms with Crippen LogP contribution in [0.2, 0.25) is 5.02 Å². The van der Waals surface area contributed by atoms with Crippen LogP contribution in [0, 0.1) is 5.41 Å². The van der Waals surface area contributed by atoms with Crippen LogP contribution in [-0.2, 0) is 6.54 Å². The van der Waals surface area contributed by atoms with E-state index in [9.17, 15) is 5.11 Å². The van der Waals surface area contributed by atoms with Gasteiger partial charge in [-0.05, 0) is 48.8 Å². The van der Waals surface area contributed by atoms with Gasteiger partial charge in [0.25, 0.3) is 0 Å². The first-order valence-corrected chi connectivity index (χ1v) is 7.44. The molecule has 0 amide bonds. The lowest BCUT2D eigenvalue weighted by Gasteiger charge is -2.40. The number of rotatable bonds is 4. The number of hydrogen-bond acceptors (Lipinski definition) is 2. The van der Waals surface area contributed by atoms with Crippen molar-refractivity contribution in [3.05, 3.63) is 34.9 Å². The van der Waals surface area contributed by atoms with Crippen molar-refractivity contribution >= 4 is 11.6 Å². The van der Waals surface area contributed by atoms with E-state index >= 15 is 0 Å². The minimum absolute atomic E-state index is 0.391. The second-order valence-corrected chi connectivity index (χ2v) is 7.06. The highest BCUT2D eigenvalue weighted by Crippen LogP contribution is 2.39. The van der Waals surface area contributed by atoms with Crippen molar-refractivity contribution in [3.8, 4) is 0 Å². The molecule has 1 aliphatic rings. The van der Waals surface area contributed by atoms with E-state index in [0.717, 1.165) is 37.3 Å². The zero-order valence-electron chi connectivity index (χ0n) is 11.9. The van der Waals surface area contributed by atoms with E-state index in [1.165, 1.54) is 5.56 Å². The van der Waals surface area contributed by atoms with Crippen LogP contribution in [0.15, 0.2) is 24.3 Å². The highest BCUT2D eigenvalue weighted by Gasteiger charge is 2.36. The maximum Gasteiger partial charge on any atom is 0.0772 e. The highest BCUT2D eigenvalue weighted by molar-refractivity contribution is 6.30. The van der Waals surface area contributed by atoms with Crippen LogP contribution in [0.4, 0.5) is 0 Å². The van der Waals surface area contributed by atoms with Gasteiger partial charge in [-0.3, -0.25) is 0 Å². The lowest BCUT2D eigenvalue weighted by atomic mass is 9.71. The van der Waals surface area contributed by atoms with Crippen LogP contribution in [-0.4, -0.2) is 17.3 Å². The Kier molecular flexibility index (Phi) is 4.54. The van der Waals surface area contributed by atoms with E-state index in [-0.39, 0.29) is 0 Å². The third-order valence-electron chi connectivity index (χ3n) is 4.23. The molecule has 1 aliphatic carbocycles. The van der Waals surface area contributed by atoms with Crippen LogP contribution in [0.5, 0.6) is 0 Å². The quantitative estimate of drug-likeness (QED) is 0.881. The van der Waals surface area contributed by atoms with Gasteiger partial charge in [0.1, 0.15) is 0 Å². The molecule has 0 unspecified atom stereocenters. The smallest absolute Gasteiger partial charge is 0.0772 e. The molecular weight excluding hydrogens is 258 g/mol. The Balaban J connectivity index is 1.78. The summed E-state index contributed by atoms with van der Waals surface area (Å²) in [6.45, 7) is 6.02. The summed E-state index contributed by atoms with van der Waals surface area (Å²) in [5.74, 6) is 0. The molecule has 1 aromatic carbocycles. The van der Waals surface area contributed by atoms with Gasteiger partial charge in [-0.15, -0.1) is 0 Å². The van der Waals surface area contributed by atoms with E-state index in [4.69, 9.17) is 11.6 Å². The molecule has 1 fully saturated rings. The first kappa shape index (κ1) is 14.8. The number of hydrogen-bond donors (Lipinski definition) is 2. The van der Waals surface area contributed by atoms with Gasteiger partial charge in [0.2, 0.25) is 0 Å². The van der Waals surface area contributed by atoms with Gasteiger partial charge in [0.15, 0.2) is 0 Å². The van der Waals surface area contributed by atoms with Gasteiger partial charge >= 0.3 is 0 Å². The van der Waals surface area contributed by atoms with Gasteiger partial charge < -0.3 is 10.4 Å². The summed E-state index contributed by atoms with van der Waals surface area (Å²) in [5.41, 5.74) is 1.06. The zero-order valence-corrected chi connectivity index (χ0v) is 12.6. The molecule has 0 saturated heterocycles. The Morgan fingerprint density at radius 1 is 1.11 bits per heavy atom. The summed E-state index contributed by atoms with van der Waals surface area (Å²) >= 11 is 5.86. The van der Waals surface area contributed by atoms with E-state index in [2.05, 4.69) is 19.2 Å². The van der Waals surface area contributed by atoms with Crippen molar-refractivity contribution in [2.24, 2.45) is 5.41 Å². The molecule has 0 heterocycles. The maximum absolute atomic E-state index is 10.5. The van der Waals surface area contributed by atoms with Crippen molar-refractivity contribution < 1.29 is 5.11 Å². The molecule has 0 radical (unpaired) electrons. The molecule has 0 aromatic heterocycles. The summed E-state index contributed by atoms with van der Waals surface area (Å²) in [4.78, 5) is 0. The van der Waals surface area contributed by atoms with E-state index < -0.39 is 5.60 Å². The van der Waals surface area contributed by atoms with Gasteiger partial charge in [0.05, 0.1) is 5.60 Å². The summed E-state index contributed by atoms with van der Waals surface area (Å²) in [6, 6.07) is 7.83. The van der Waals surface area contributed by atoms with Crippen molar-refractivity contribution in [2.75, 3.05) is 6.54 Å². The number of benzene rings is 1. The van der Waals surface area contributed by atoms with Gasteiger partial charge in [-0.1, -0.05) is 37.6 Å². The van der Waals surface area contributed by atoms with Crippen molar-refractivity contribution in [2.45, 2.75) is 51.7 Å². The molecule has 3 heteroatoms. The molecule has 0 spiro atoms. The van der Waals surface area contributed by atoms with Gasteiger partial charge in [-0.2, -0.15) is 0 Å². The van der Waals surface area contributed by atoms with Crippen LogP contribution >= 0.6 is 11.6 Å². The molecule has 19 heavy (non-hydrogen) atoms. The Morgan fingerprint density at radius 3 is 2.26 bits per heavy atom. The van der Waals surface area contributed by atoms with Crippen molar-refractivity contribution in [1.82, 2.24) is 5.32 Å². The normalized spacial score (nSPS) is 21.3. The summed E-state index contributed by atoms with van der Waals surface area (Å²) in [5, 5.41) is 14.7. The van der Waals surface area contributed by atoms with E-state index in [1.54, 1.807) is 0 Å². The van der Waals surface area contributed by atoms with Crippen LogP contribution in [0.3, 0.4) is 0 Å². The number of aliphatic hydroxyl groups is 1. The zero-order chi connectivity index (χ0) is 13.9. The fraction of sp³-hybridized carbons (Fsp3) is 0.625. The summed E-state index contributed by atoms with van der Waals surface area (Å²) in [7, 11) is 0. The third-order valence-corrected chi connectivity index (χ3v) is 4.48. The monoisotopic (exact) mass is 281 g/mol. The minimum atomic E-state index is -0.526. The number of halogens is 1. The lowest BCUT2D eigenvalue weighted by Crippen LogP contribution is -2.44. The molecule has 1 aromatic rings. The molecule has 0 bridgehead atoms. The maximum atomic E-state index is 10.5. The minimum Gasteiger partial charge on any atom is -0.389 e. The van der Waals surface area contributed by atoms with Crippen molar-refractivity contribution in [3.63, 3.8) is 0 Å². The molecule has 1 saturated carbocycles.